The summed E-state index contributed by atoms with van der Waals surface area (Å²) in [4.78, 5) is 47.3. The molecule has 1 saturated heterocycles. The molecule has 1 aliphatic carbocycles. The van der Waals surface area contributed by atoms with Crippen molar-refractivity contribution in [3.05, 3.63) is 203 Å². The number of nitrogens with one attached hydrogen (secondary N) is 1. The van der Waals surface area contributed by atoms with Gasteiger partial charge in [0.15, 0.2) is 6.10 Å². The molecule has 312 valence electrons. The molecular formula is C52H48N4O5S. The molecule has 0 aromatic heterocycles. The third-order valence-electron chi connectivity index (χ3n) is 11.9. The fourth-order valence-electron chi connectivity index (χ4n) is 9.07. The van der Waals surface area contributed by atoms with Crippen LogP contribution in [0.4, 0.5) is 4.79 Å². The zero-order valence-corrected chi connectivity index (χ0v) is 35.7. The Morgan fingerprint density at radius 2 is 1.26 bits per heavy atom. The van der Waals surface area contributed by atoms with E-state index in [9.17, 15) is 20.0 Å². The maximum Gasteiger partial charge on any atom is 0.411 e. The molecule has 0 saturated carbocycles. The number of amides is 3. The van der Waals surface area contributed by atoms with Crippen molar-refractivity contribution < 1.29 is 24.2 Å². The number of hydrogen-bond acceptors (Lipinski definition) is 7. The zero-order valence-electron chi connectivity index (χ0n) is 34.8. The Hall–Kier alpha value is -6.67. The Bertz CT molecular complexity index is 2460. The second kappa shape index (κ2) is 17.7. The lowest BCUT2D eigenvalue weighted by Crippen LogP contribution is -2.61. The molecule has 1 aliphatic heterocycles. The van der Waals surface area contributed by atoms with Crippen LogP contribution in [0.2, 0.25) is 0 Å². The SMILES string of the molecule is CN(C(=O)OC1c2ccccc2-c2ccccc21)C(C(=O)N1C[C@H](O)C[C@H]1C(=O)NCc1ccc(C#N)cc1)C(C)(C)SC(c1ccccc1)(c1ccccc1)c1ccccc1. The average Bonchev–Trinajstić information content (AvgIpc) is 3.86. The van der Waals surface area contributed by atoms with Crippen LogP contribution in [0, 0.1) is 11.3 Å². The lowest BCUT2D eigenvalue weighted by Gasteiger charge is -2.47. The highest BCUT2D eigenvalue weighted by molar-refractivity contribution is 8.02. The van der Waals surface area contributed by atoms with Crippen LogP contribution in [0.1, 0.15) is 65.3 Å². The van der Waals surface area contributed by atoms with Crippen molar-refractivity contribution in [2.45, 2.75) is 60.6 Å². The lowest BCUT2D eigenvalue weighted by molar-refractivity contribution is -0.143. The van der Waals surface area contributed by atoms with E-state index >= 15 is 4.79 Å². The van der Waals surface area contributed by atoms with Gasteiger partial charge in [-0.3, -0.25) is 14.5 Å². The van der Waals surface area contributed by atoms with Crippen molar-refractivity contribution in [2.75, 3.05) is 13.6 Å². The molecule has 6 aromatic carbocycles. The van der Waals surface area contributed by atoms with E-state index in [2.05, 4.69) is 47.8 Å². The minimum atomic E-state index is -1.21. The first-order valence-electron chi connectivity index (χ1n) is 20.8. The molecule has 62 heavy (non-hydrogen) atoms. The van der Waals surface area contributed by atoms with Crippen LogP contribution in [0.3, 0.4) is 0 Å². The van der Waals surface area contributed by atoms with E-state index in [0.717, 1.165) is 44.5 Å². The van der Waals surface area contributed by atoms with E-state index < -0.39 is 51.7 Å². The van der Waals surface area contributed by atoms with Gasteiger partial charge < -0.3 is 20.1 Å². The molecule has 3 amide bonds. The Balaban J connectivity index is 1.20. The number of nitrogens with zero attached hydrogens (tertiary/aromatic N) is 3. The largest absolute Gasteiger partial charge is 0.436 e. The predicted octanol–water partition coefficient (Wildman–Crippen LogP) is 8.85. The van der Waals surface area contributed by atoms with Crippen molar-refractivity contribution in [3.63, 3.8) is 0 Å². The predicted molar refractivity (Wildman–Crippen MR) is 242 cm³/mol. The van der Waals surface area contributed by atoms with Gasteiger partial charge in [0.2, 0.25) is 11.8 Å². The molecule has 0 radical (unpaired) electrons. The van der Waals surface area contributed by atoms with Crippen molar-refractivity contribution in [1.29, 1.82) is 5.26 Å². The lowest BCUT2D eigenvalue weighted by atomic mass is 9.84. The van der Waals surface area contributed by atoms with E-state index in [0.29, 0.717) is 5.56 Å². The molecule has 6 aromatic rings. The fourth-order valence-corrected chi connectivity index (χ4v) is 11.0. The molecular weight excluding hydrogens is 793 g/mol. The highest BCUT2D eigenvalue weighted by atomic mass is 32.2. The maximum absolute atomic E-state index is 15.6. The van der Waals surface area contributed by atoms with Crippen LogP contribution < -0.4 is 5.32 Å². The minimum Gasteiger partial charge on any atom is -0.436 e. The molecule has 3 atom stereocenters. The summed E-state index contributed by atoms with van der Waals surface area (Å²) in [5.41, 5.74) is 7.86. The topological polar surface area (TPSA) is 123 Å². The van der Waals surface area contributed by atoms with E-state index in [1.165, 1.54) is 9.80 Å². The Labute approximate surface area is 367 Å². The molecule has 1 fully saturated rings. The Morgan fingerprint density at radius 1 is 0.774 bits per heavy atom. The summed E-state index contributed by atoms with van der Waals surface area (Å²) in [5.74, 6) is -0.924. The molecule has 10 heteroatoms. The van der Waals surface area contributed by atoms with Gasteiger partial charge in [-0.05, 0) is 59.4 Å². The van der Waals surface area contributed by atoms with Gasteiger partial charge in [-0.25, -0.2) is 4.79 Å². The summed E-state index contributed by atoms with van der Waals surface area (Å²) in [7, 11) is 1.59. The van der Waals surface area contributed by atoms with Crippen LogP contribution in [-0.2, 0) is 25.6 Å². The number of carbonyl (C=O) groups excluding carboxylic acids is 3. The summed E-state index contributed by atoms with van der Waals surface area (Å²) in [5, 5.41) is 23.3. The van der Waals surface area contributed by atoms with Gasteiger partial charge in [-0.1, -0.05) is 152 Å². The van der Waals surface area contributed by atoms with Crippen LogP contribution >= 0.6 is 11.8 Å². The normalized spacial score (nSPS) is 16.4. The van der Waals surface area contributed by atoms with E-state index in [4.69, 9.17) is 4.74 Å². The first-order valence-corrected chi connectivity index (χ1v) is 21.6. The summed E-state index contributed by atoms with van der Waals surface area (Å²) < 4.78 is 4.47. The van der Waals surface area contributed by atoms with Crippen LogP contribution in [0.15, 0.2) is 164 Å². The molecule has 1 heterocycles. The van der Waals surface area contributed by atoms with E-state index in [1.54, 1.807) is 43.1 Å². The average molecular weight is 841 g/mol. The number of benzene rings is 6. The molecule has 2 N–H and O–H groups in total. The van der Waals surface area contributed by atoms with Gasteiger partial charge in [-0.2, -0.15) is 5.26 Å². The molecule has 2 aliphatic rings. The molecule has 9 nitrogen and oxygen atoms in total. The molecule has 0 bridgehead atoms. The Kier molecular flexibility index (Phi) is 12.0. The third-order valence-corrected chi connectivity index (χ3v) is 13.7. The number of likely N-dealkylation sites (N-methyl/N-ethyl adjacent to an activating group) is 1. The third kappa shape index (κ3) is 8.09. The van der Waals surface area contributed by atoms with Gasteiger partial charge in [0.05, 0.1) is 22.5 Å². The summed E-state index contributed by atoms with van der Waals surface area (Å²) in [6.07, 6.45) is -2.37. The van der Waals surface area contributed by atoms with Crippen LogP contribution in [0.25, 0.3) is 11.1 Å². The van der Waals surface area contributed by atoms with Gasteiger partial charge in [0, 0.05) is 42.4 Å². The first-order chi connectivity index (χ1) is 30.0. The van der Waals surface area contributed by atoms with Gasteiger partial charge in [0.25, 0.3) is 0 Å². The summed E-state index contributed by atoms with van der Waals surface area (Å²) >= 11 is 1.55. The second-order valence-electron chi connectivity index (χ2n) is 16.4. The molecule has 1 unspecified atom stereocenters. The van der Waals surface area contributed by atoms with Crippen LogP contribution in [0.5, 0.6) is 0 Å². The van der Waals surface area contributed by atoms with Crippen LogP contribution in [-0.4, -0.2) is 69.3 Å². The minimum absolute atomic E-state index is 0.0248. The van der Waals surface area contributed by atoms with Crippen molar-refractivity contribution in [3.8, 4) is 17.2 Å². The van der Waals surface area contributed by atoms with E-state index in [-0.39, 0.29) is 19.5 Å². The fraction of sp³-hybridized carbons (Fsp3) is 0.231. The van der Waals surface area contributed by atoms with E-state index in [1.807, 2.05) is 117 Å². The monoisotopic (exact) mass is 840 g/mol. The number of aliphatic hydroxyl groups is 1. The second-order valence-corrected chi connectivity index (χ2v) is 18.2. The summed E-state index contributed by atoms with van der Waals surface area (Å²) in [6.45, 7) is 3.98. The number of thioether (sulfide) groups is 1. The van der Waals surface area contributed by atoms with Crippen molar-refractivity contribution >= 4 is 29.7 Å². The van der Waals surface area contributed by atoms with Gasteiger partial charge in [-0.15, -0.1) is 11.8 Å². The highest BCUT2D eigenvalue weighted by Gasteiger charge is 2.53. The number of likely N-dealkylation sites (tertiary alicyclic amines) is 1. The Morgan fingerprint density at radius 3 is 1.76 bits per heavy atom. The maximum atomic E-state index is 15.6. The number of fused-ring (bicyclic) bond motifs is 3. The van der Waals surface area contributed by atoms with Gasteiger partial charge >= 0.3 is 6.09 Å². The molecule has 0 spiro atoms. The van der Waals surface area contributed by atoms with Crippen molar-refractivity contribution in [1.82, 2.24) is 15.1 Å². The highest BCUT2D eigenvalue weighted by Crippen LogP contribution is 2.55. The quantitative estimate of drug-likeness (QED) is 0.118. The van der Waals surface area contributed by atoms with Gasteiger partial charge in [0.1, 0.15) is 12.1 Å². The number of carbonyl (C=O) groups is 3. The standard InChI is InChI=1S/C52H48N4O5S/c1-51(2,62-52(37-17-7-4-8-18-37,38-19-9-5-10-20-38)39-21-11-6-12-22-39)47(55(3)50(60)61-46-43-25-15-13-23-41(43)42-24-14-16-26-44(42)46)49(59)56-34-40(57)31-45(56)48(58)54-33-36-29-27-35(32-53)28-30-36/h4-30,40,45-47,57H,31,33-34H2,1-3H3,(H,54,58)/t40-,45+,47?/m1/s1. The number of ether oxygens (including phenoxy) is 1. The number of nitriles is 1. The number of β-amino-alcohol motifs (C(OH)–C–C–N with tert-alkyl or cyclic N) is 1. The number of rotatable bonds is 12. The molecule has 8 rings (SSSR count). The zero-order chi connectivity index (χ0) is 43.4. The smallest absolute Gasteiger partial charge is 0.411 e. The summed E-state index contributed by atoms with van der Waals surface area (Å²) in [6, 6.07) is 52.9. The van der Waals surface area contributed by atoms with Crippen molar-refractivity contribution in [2.24, 2.45) is 0 Å². The number of aliphatic hydroxyl groups excluding tert-OH is 1. The first kappa shape index (κ1) is 42.0. The number of hydrogen-bond donors (Lipinski definition) is 2.